The molecule has 0 fully saturated rings. The number of amides is 1. The van der Waals surface area contributed by atoms with Crippen molar-refractivity contribution < 1.29 is 4.79 Å². The monoisotopic (exact) mass is 450 g/mol. The van der Waals surface area contributed by atoms with Gasteiger partial charge in [0.1, 0.15) is 10.8 Å². The minimum Gasteiger partial charge on any atom is -0.315 e. The molecule has 0 aliphatic heterocycles. The Kier molecular flexibility index (Phi) is 6.93. The molecule has 0 saturated heterocycles. The highest BCUT2D eigenvalue weighted by Gasteiger charge is 2.16. The van der Waals surface area contributed by atoms with Crippen molar-refractivity contribution >= 4 is 23.2 Å². The van der Waals surface area contributed by atoms with Gasteiger partial charge in [-0.15, -0.1) is 0 Å². The van der Waals surface area contributed by atoms with Gasteiger partial charge in [0, 0.05) is 24.9 Å². The van der Waals surface area contributed by atoms with Crippen LogP contribution in [0.15, 0.2) is 75.7 Å². The van der Waals surface area contributed by atoms with Crippen LogP contribution in [-0.2, 0) is 24.9 Å². The number of halogens is 1. The van der Waals surface area contributed by atoms with Gasteiger partial charge in [-0.25, -0.2) is 4.79 Å². The summed E-state index contributed by atoms with van der Waals surface area (Å²) in [7, 11) is 1.28. The second-order valence-electron chi connectivity index (χ2n) is 6.76. The summed E-state index contributed by atoms with van der Waals surface area (Å²) in [6, 6.07) is 12.3. The van der Waals surface area contributed by atoms with Gasteiger partial charge < -0.3 is 9.88 Å². The maximum Gasteiger partial charge on any atom is 0.332 e. The van der Waals surface area contributed by atoms with Gasteiger partial charge in [-0.05, 0) is 29.8 Å². The normalized spacial score (nSPS) is 10.2. The first-order valence-corrected chi connectivity index (χ1v) is 9.85. The molecule has 8 nitrogen and oxygen atoms in total. The van der Waals surface area contributed by atoms with Crippen molar-refractivity contribution in [1.29, 1.82) is 0 Å². The SMILES string of the molecule is C=CC(=O)Nc1c(Cl)n(CC#Cc2cccc(Cn3ccccc3=O)c2)c(=O)n(C)c1=O. The molecule has 3 rings (SSSR count). The van der Waals surface area contributed by atoms with Crippen LogP contribution in [-0.4, -0.2) is 19.6 Å². The number of aromatic nitrogens is 3. The number of pyridine rings is 1. The molecule has 0 atom stereocenters. The van der Waals surface area contributed by atoms with Crippen LogP contribution in [0.2, 0.25) is 5.15 Å². The average Bonchev–Trinajstić information content (AvgIpc) is 2.79. The highest BCUT2D eigenvalue weighted by molar-refractivity contribution is 6.32. The topological polar surface area (TPSA) is 95.1 Å². The largest absolute Gasteiger partial charge is 0.332 e. The second kappa shape index (κ2) is 9.81. The van der Waals surface area contributed by atoms with Crippen molar-refractivity contribution in [2.45, 2.75) is 13.1 Å². The van der Waals surface area contributed by atoms with E-state index in [1.165, 1.54) is 13.1 Å². The van der Waals surface area contributed by atoms with E-state index in [0.717, 1.165) is 20.8 Å². The van der Waals surface area contributed by atoms with E-state index >= 15 is 0 Å². The maximum atomic E-state index is 12.5. The molecule has 3 aromatic rings. The van der Waals surface area contributed by atoms with Crippen LogP contribution < -0.4 is 22.1 Å². The first kappa shape index (κ1) is 22.6. The summed E-state index contributed by atoms with van der Waals surface area (Å²) >= 11 is 6.20. The molecule has 0 unspecified atom stereocenters. The molecular weight excluding hydrogens is 432 g/mol. The fourth-order valence-corrected chi connectivity index (χ4v) is 3.18. The van der Waals surface area contributed by atoms with Crippen LogP contribution in [0.5, 0.6) is 0 Å². The summed E-state index contributed by atoms with van der Waals surface area (Å²) in [5, 5.41) is 2.10. The third-order valence-corrected chi connectivity index (χ3v) is 4.96. The van der Waals surface area contributed by atoms with E-state index in [4.69, 9.17) is 11.6 Å². The van der Waals surface area contributed by atoms with Crippen LogP contribution >= 0.6 is 11.6 Å². The van der Waals surface area contributed by atoms with Crippen molar-refractivity contribution in [1.82, 2.24) is 13.7 Å². The summed E-state index contributed by atoms with van der Waals surface area (Å²) < 4.78 is 3.50. The minimum atomic E-state index is -0.733. The molecule has 2 heterocycles. The molecule has 1 amide bonds. The third kappa shape index (κ3) is 4.96. The van der Waals surface area contributed by atoms with E-state index in [9.17, 15) is 19.2 Å². The van der Waals surface area contributed by atoms with E-state index in [1.807, 2.05) is 18.2 Å². The number of carbonyl (C=O) groups excluding carboxylic acids is 1. The van der Waals surface area contributed by atoms with E-state index in [0.29, 0.717) is 12.1 Å². The van der Waals surface area contributed by atoms with E-state index < -0.39 is 17.2 Å². The molecule has 0 radical (unpaired) electrons. The zero-order chi connectivity index (χ0) is 23.3. The van der Waals surface area contributed by atoms with Gasteiger partial charge in [0.2, 0.25) is 5.91 Å². The summed E-state index contributed by atoms with van der Waals surface area (Å²) in [5.41, 5.74) is -0.160. The Balaban J connectivity index is 1.88. The van der Waals surface area contributed by atoms with Crippen LogP contribution in [0.25, 0.3) is 0 Å². The highest BCUT2D eigenvalue weighted by atomic mass is 35.5. The average molecular weight is 451 g/mol. The molecule has 9 heteroatoms. The van der Waals surface area contributed by atoms with Crippen LogP contribution in [0.4, 0.5) is 5.69 Å². The smallest absolute Gasteiger partial charge is 0.315 e. The quantitative estimate of drug-likeness (QED) is 0.363. The van der Waals surface area contributed by atoms with Crippen molar-refractivity contribution in [2.24, 2.45) is 7.05 Å². The Morgan fingerprint density at radius 1 is 1.19 bits per heavy atom. The third-order valence-electron chi connectivity index (χ3n) is 4.56. The molecule has 1 aromatic carbocycles. The molecule has 0 aliphatic carbocycles. The van der Waals surface area contributed by atoms with Gasteiger partial charge in [0.05, 0.1) is 13.1 Å². The van der Waals surface area contributed by atoms with Crippen molar-refractivity contribution in [3.05, 3.63) is 109 Å². The summed E-state index contributed by atoms with van der Waals surface area (Å²) in [4.78, 5) is 48.2. The fraction of sp³-hybridized carbons (Fsp3) is 0.130. The number of hydrogen-bond acceptors (Lipinski definition) is 4. The summed E-state index contributed by atoms with van der Waals surface area (Å²) in [6.07, 6.45) is 2.69. The van der Waals surface area contributed by atoms with Crippen LogP contribution in [0.1, 0.15) is 11.1 Å². The zero-order valence-corrected chi connectivity index (χ0v) is 17.9. The molecule has 2 aromatic heterocycles. The van der Waals surface area contributed by atoms with Gasteiger partial charge in [0.25, 0.3) is 11.1 Å². The van der Waals surface area contributed by atoms with Crippen molar-refractivity contribution in [3.63, 3.8) is 0 Å². The van der Waals surface area contributed by atoms with Crippen molar-refractivity contribution in [2.75, 3.05) is 5.32 Å². The number of nitrogens with one attached hydrogen (secondary N) is 1. The van der Waals surface area contributed by atoms with Crippen molar-refractivity contribution in [3.8, 4) is 11.8 Å². The molecule has 1 N–H and O–H groups in total. The van der Waals surface area contributed by atoms with Gasteiger partial charge in [0.15, 0.2) is 0 Å². The predicted octanol–water partition coefficient (Wildman–Crippen LogP) is 1.59. The maximum absolute atomic E-state index is 12.5. The molecular formula is C23H19ClN4O4. The number of carbonyl (C=O) groups is 1. The lowest BCUT2D eigenvalue weighted by Crippen LogP contribution is -2.40. The number of rotatable bonds is 5. The van der Waals surface area contributed by atoms with E-state index in [2.05, 4.69) is 23.7 Å². The summed E-state index contributed by atoms with van der Waals surface area (Å²) in [5.74, 6) is 5.17. The molecule has 0 aliphatic rings. The lowest BCUT2D eigenvalue weighted by atomic mass is 10.1. The van der Waals surface area contributed by atoms with Gasteiger partial charge >= 0.3 is 5.69 Å². The standard InChI is InChI=1S/C23H19ClN4O4/c1-3-18(29)25-20-21(24)28(23(32)26(2)22(20)31)13-7-10-16-8-6-9-17(14-16)15-27-12-5-4-11-19(27)30/h3-6,8-9,11-12,14H,1,13,15H2,2H3,(H,25,29). The summed E-state index contributed by atoms with van der Waals surface area (Å²) in [6.45, 7) is 3.62. The second-order valence-corrected chi connectivity index (χ2v) is 7.12. The highest BCUT2D eigenvalue weighted by Crippen LogP contribution is 2.15. The first-order chi connectivity index (χ1) is 15.3. The van der Waals surface area contributed by atoms with Gasteiger partial charge in [-0.2, -0.15) is 0 Å². The Morgan fingerprint density at radius 2 is 1.97 bits per heavy atom. The lowest BCUT2D eigenvalue weighted by molar-refractivity contribution is -0.111. The number of benzene rings is 1. The molecule has 0 spiro atoms. The molecule has 162 valence electrons. The van der Waals surface area contributed by atoms with E-state index in [1.54, 1.807) is 29.0 Å². The minimum absolute atomic E-state index is 0.105. The van der Waals surface area contributed by atoms with Gasteiger partial charge in [-0.1, -0.05) is 48.2 Å². The fourth-order valence-electron chi connectivity index (χ4n) is 2.92. The lowest BCUT2D eigenvalue weighted by Gasteiger charge is -2.12. The molecule has 32 heavy (non-hydrogen) atoms. The molecule has 0 saturated carbocycles. The predicted molar refractivity (Wildman–Crippen MR) is 123 cm³/mol. The Morgan fingerprint density at radius 3 is 2.69 bits per heavy atom. The Labute approximate surface area is 188 Å². The van der Waals surface area contributed by atoms with Crippen LogP contribution in [0.3, 0.4) is 0 Å². The van der Waals surface area contributed by atoms with E-state index in [-0.39, 0.29) is 22.9 Å². The molecule has 0 bridgehead atoms. The zero-order valence-electron chi connectivity index (χ0n) is 17.2. The first-order valence-electron chi connectivity index (χ1n) is 9.48. The number of hydrogen-bond donors (Lipinski definition) is 1. The van der Waals surface area contributed by atoms with Gasteiger partial charge in [-0.3, -0.25) is 23.5 Å². The van der Waals surface area contributed by atoms with Crippen LogP contribution in [0, 0.1) is 11.8 Å². The number of nitrogens with zero attached hydrogens (tertiary/aromatic N) is 3. The number of anilines is 1. The Bertz CT molecular complexity index is 1440. The Hall–Kier alpha value is -4.09.